The first kappa shape index (κ1) is 8.46. The third-order valence-electron chi connectivity index (χ3n) is 1.64. The number of rotatable bonds is 2. The molecule has 1 aliphatic heterocycles. The molecule has 1 heterocycles. The molecule has 0 amide bonds. The summed E-state index contributed by atoms with van der Waals surface area (Å²) in [6.07, 6.45) is 0.686. The molecule has 0 aromatic heterocycles. The van der Waals surface area contributed by atoms with Gasteiger partial charge in [0, 0.05) is 13.5 Å². The quantitative estimate of drug-likeness (QED) is 0.676. The maximum absolute atomic E-state index is 8.76. The van der Waals surface area contributed by atoms with Crippen molar-refractivity contribution in [2.75, 3.05) is 13.7 Å². The zero-order chi connectivity index (χ0) is 7.56. The van der Waals surface area contributed by atoms with E-state index in [1.165, 1.54) is 0 Å². The van der Waals surface area contributed by atoms with Gasteiger partial charge in [-0.15, -0.1) is 0 Å². The summed E-state index contributed by atoms with van der Waals surface area (Å²) in [5.41, 5.74) is 0. The Morgan fingerprint density at radius 1 is 1.80 bits per heavy atom. The van der Waals surface area contributed by atoms with Crippen LogP contribution in [0.5, 0.6) is 0 Å². The van der Waals surface area contributed by atoms with E-state index in [1.54, 1.807) is 7.11 Å². The number of halogens is 1. The largest absolute Gasteiger partial charge is 0.394 e. The van der Waals surface area contributed by atoms with Crippen molar-refractivity contribution in [1.82, 2.24) is 0 Å². The minimum atomic E-state index is -0.158. The maximum atomic E-state index is 8.76. The Labute approximate surface area is 68.4 Å². The van der Waals surface area contributed by atoms with Gasteiger partial charge in [0.15, 0.2) is 0 Å². The molecular weight excluding hydrogens is 200 g/mol. The van der Waals surface area contributed by atoms with Gasteiger partial charge in [-0.3, -0.25) is 0 Å². The molecule has 1 saturated heterocycles. The molecule has 0 saturated carbocycles. The first-order chi connectivity index (χ1) is 4.77. The number of alkyl halides is 1. The van der Waals surface area contributed by atoms with E-state index in [9.17, 15) is 0 Å². The van der Waals surface area contributed by atoms with E-state index in [4.69, 9.17) is 14.6 Å². The standard InChI is InChI=1S/C6H11BrO3/c1-9-4-2-6(7)10-5(4)3-8/h4-6,8H,2-3H2,1H3. The molecule has 0 bridgehead atoms. The molecule has 0 aliphatic carbocycles. The molecule has 3 unspecified atom stereocenters. The van der Waals surface area contributed by atoms with E-state index >= 15 is 0 Å². The van der Waals surface area contributed by atoms with Crippen LogP contribution in [0, 0.1) is 0 Å². The van der Waals surface area contributed by atoms with Gasteiger partial charge >= 0.3 is 0 Å². The molecular formula is C6H11BrO3. The molecule has 4 heteroatoms. The fourth-order valence-corrected chi connectivity index (χ4v) is 1.72. The van der Waals surface area contributed by atoms with Crippen molar-refractivity contribution in [1.29, 1.82) is 0 Å². The zero-order valence-corrected chi connectivity index (χ0v) is 7.37. The van der Waals surface area contributed by atoms with Gasteiger partial charge in [-0.2, -0.15) is 0 Å². The lowest BCUT2D eigenvalue weighted by atomic mass is 10.2. The molecule has 60 valence electrons. The fraction of sp³-hybridized carbons (Fsp3) is 1.00. The Bertz CT molecular complexity index is 97.2. The van der Waals surface area contributed by atoms with Crippen molar-refractivity contribution in [2.45, 2.75) is 23.6 Å². The Kier molecular flexibility index (Phi) is 3.10. The van der Waals surface area contributed by atoms with Crippen LogP contribution in [0.1, 0.15) is 6.42 Å². The number of aliphatic hydroxyl groups excluding tert-OH is 1. The summed E-state index contributed by atoms with van der Waals surface area (Å²) in [6, 6.07) is 0. The van der Waals surface area contributed by atoms with Gasteiger partial charge in [-0.05, 0) is 0 Å². The Hall–Kier alpha value is 0.360. The lowest BCUT2D eigenvalue weighted by Gasteiger charge is -2.12. The van der Waals surface area contributed by atoms with E-state index in [0.717, 1.165) is 6.42 Å². The third kappa shape index (κ3) is 1.69. The van der Waals surface area contributed by atoms with Crippen molar-refractivity contribution in [3.05, 3.63) is 0 Å². The van der Waals surface area contributed by atoms with Crippen LogP contribution in [0.3, 0.4) is 0 Å². The van der Waals surface area contributed by atoms with Crippen LogP contribution in [-0.2, 0) is 9.47 Å². The molecule has 0 aromatic carbocycles. The van der Waals surface area contributed by atoms with Crippen LogP contribution >= 0.6 is 15.9 Å². The first-order valence-electron chi connectivity index (χ1n) is 3.21. The van der Waals surface area contributed by atoms with Crippen LogP contribution in [0.15, 0.2) is 0 Å². The van der Waals surface area contributed by atoms with Gasteiger partial charge in [0.1, 0.15) is 11.1 Å². The van der Waals surface area contributed by atoms with Gasteiger partial charge in [-0.1, -0.05) is 15.9 Å². The predicted molar refractivity (Wildman–Crippen MR) is 40.1 cm³/mol. The third-order valence-corrected chi connectivity index (χ3v) is 2.23. The number of hydrogen-bond donors (Lipinski definition) is 1. The second-order valence-corrected chi connectivity index (χ2v) is 3.30. The molecule has 0 spiro atoms. The summed E-state index contributed by atoms with van der Waals surface area (Å²) in [5.74, 6) is 0. The molecule has 10 heavy (non-hydrogen) atoms. The SMILES string of the molecule is COC1CC(Br)OC1CO. The van der Waals surface area contributed by atoms with E-state index in [0.29, 0.717) is 0 Å². The Morgan fingerprint density at radius 2 is 2.50 bits per heavy atom. The highest BCUT2D eigenvalue weighted by molar-refractivity contribution is 9.09. The minimum Gasteiger partial charge on any atom is -0.394 e. The molecule has 3 atom stereocenters. The lowest BCUT2D eigenvalue weighted by molar-refractivity contribution is -0.0184. The molecule has 1 rings (SSSR count). The molecule has 1 fully saturated rings. The molecule has 1 N–H and O–H groups in total. The fourth-order valence-electron chi connectivity index (χ4n) is 1.08. The van der Waals surface area contributed by atoms with Crippen molar-refractivity contribution < 1.29 is 14.6 Å². The van der Waals surface area contributed by atoms with Crippen LogP contribution < -0.4 is 0 Å². The summed E-state index contributed by atoms with van der Waals surface area (Å²) in [5, 5.41) is 8.80. The average molecular weight is 211 g/mol. The first-order valence-corrected chi connectivity index (χ1v) is 4.12. The van der Waals surface area contributed by atoms with Gasteiger partial charge in [0.2, 0.25) is 0 Å². The van der Waals surface area contributed by atoms with Gasteiger partial charge < -0.3 is 14.6 Å². The minimum absolute atomic E-state index is 0.0284. The summed E-state index contributed by atoms with van der Waals surface area (Å²) < 4.78 is 10.3. The van der Waals surface area contributed by atoms with E-state index in [2.05, 4.69) is 15.9 Å². The van der Waals surface area contributed by atoms with Gasteiger partial charge in [-0.25, -0.2) is 0 Å². The summed E-state index contributed by atoms with van der Waals surface area (Å²) >= 11 is 3.29. The maximum Gasteiger partial charge on any atom is 0.115 e. The van der Waals surface area contributed by atoms with Crippen molar-refractivity contribution in [2.24, 2.45) is 0 Å². The second-order valence-electron chi connectivity index (χ2n) is 2.28. The number of hydrogen-bond acceptors (Lipinski definition) is 3. The molecule has 3 nitrogen and oxygen atoms in total. The normalized spacial score (nSPS) is 40.5. The van der Waals surface area contributed by atoms with E-state index in [-0.39, 0.29) is 23.8 Å². The highest BCUT2D eigenvalue weighted by Gasteiger charge is 2.33. The smallest absolute Gasteiger partial charge is 0.115 e. The number of aliphatic hydroxyl groups is 1. The zero-order valence-electron chi connectivity index (χ0n) is 5.79. The van der Waals surface area contributed by atoms with Crippen LogP contribution in [-0.4, -0.2) is 36.0 Å². The topological polar surface area (TPSA) is 38.7 Å². The summed E-state index contributed by atoms with van der Waals surface area (Å²) in [7, 11) is 1.63. The van der Waals surface area contributed by atoms with Crippen LogP contribution in [0.25, 0.3) is 0 Å². The molecule has 0 aromatic rings. The molecule has 0 radical (unpaired) electrons. The molecule has 1 aliphatic rings. The summed E-state index contributed by atoms with van der Waals surface area (Å²) in [4.78, 5) is 0. The lowest BCUT2D eigenvalue weighted by Crippen LogP contribution is -2.26. The highest BCUT2D eigenvalue weighted by Crippen LogP contribution is 2.25. The van der Waals surface area contributed by atoms with Crippen LogP contribution in [0.2, 0.25) is 0 Å². The number of methoxy groups -OCH3 is 1. The van der Waals surface area contributed by atoms with Gasteiger partial charge in [0.05, 0.1) is 12.7 Å². The Morgan fingerprint density at radius 3 is 2.90 bits per heavy atom. The summed E-state index contributed by atoms with van der Waals surface area (Å²) in [6.45, 7) is 0.0284. The Balaban J connectivity index is 2.41. The number of ether oxygens (including phenoxy) is 2. The predicted octanol–water partition coefficient (Wildman–Crippen LogP) is 0.504. The monoisotopic (exact) mass is 210 g/mol. The average Bonchev–Trinajstić information content (AvgIpc) is 2.30. The van der Waals surface area contributed by atoms with Crippen molar-refractivity contribution in [3.63, 3.8) is 0 Å². The van der Waals surface area contributed by atoms with Crippen molar-refractivity contribution >= 4 is 15.9 Å². The van der Waals surface area contributed by atoms with E-state index in [1.807, 2.05) is 0 Å². The van der Waals surface area contributed by atoms with E-state index < -0.39 is 0 Å². The van der Waals surface area contributed by atoms with Crippen LogP contribution in [0.4, 0.5) is 0 Å². The highest BCUT2D eigenvalue weighted by atomic mass is 79.9. The van der Waals surface area contributed by atoms with Gasteiger partial charge in [0.25, 0.3) is 0 Å². The second kappa shape index (κ2) is 3.67. The van der Waals surface area contributed by atoms with Crippen molar-refractivity contribution in [3.8, 4) is 0 Å².